The minimum atomic E-state index is -0.216. The number of anilines is 1. The Hall–Kier alpha value is -2.67. The van der Waals surface area contributed by atoms with Crippen molar-refractivity contribution >= 4 is 11.9 Å². The Kier molecular flexibility index (Phi) is 5.14. The van der Waals surface area contributed by atoms with Crippen LogP contribution in [0.15, 0.2) is 30.3 Å². The molecule has 0 aliphatic carbocycles. The van der Waals surface area contributed by atoms with Crippen LogP contribution in [0.3, 0.4) is 0 Å². The van der Waals surface area contributed by atoms with Crippen molar-refractivity contribution in [3.8, 4) is 17.0 Å². The Bertz CT molecular complexity index is 740. The molecule has 0 radical (unpaired) electrons. The Morgan fingerprint density at radius 2 is 2.08 bits per heavy atom. The summed E-state index contributed by atoms with van der Waals surface area (Å²) in [5.41, 5.74) is 7.46. The zero-order valence-electron chi connectivity index (χ0n) is 14.4. The van der Waals surface area contributed by atoms with Crippen LogP contribution in [-0.2, 0) is 4.74 Å². The summed E-state index contributed by atoms with van der Waals surface area (Å²) < 4.78 is 11.3. The number of nitrogens with zero attached hydrogens (tertiary/aromatic N) is 3. The number of carbonyl (C=O) groups is 1. The van der Waals surface area contributed by atoms with Crippen LogP contribution in [0.4, 0.5) is 5.95 Å². The molecule has 2 heterocycles. The van der Waals surface area contributed by atoms with E-state index >= 15 is 0 Å². The molecule has 2 N–H and O–H groups in total. The van der Waals surface area contributed by atoms with Crippen molar-refractivity contribution < 1.29 is 14.3 Å². The first-order valence-corrected chi connectivity index (χ1v) is 8.24. The molecule has 7 heteroatoms. The maximum absolute atomic E-state index is 12.1. The van der Waals surface area contributed by atoms with Gasteiger partial charge in [-0.2, -0.15) is 0 Å². The van der Waals surface area contributed by atoms with E-state index in [1.807, 2.05) is 24.3 Å². The zero-order valence-corrected chi connectivity index (χ0v) is 14.4. The first-order chi connectivity index (χ1) is 12.0. The highest BCUT2D eigenvalue weighted by Crippen LogP contribution is 2.23. The van der Waals surface area contributed by atoms with Crippen LogP contribution in [0.2, 0.25) is 0 Å². The Morgan fingerprint density at radius 3 is 2.72 bits per heavy atom. The molecule has 1 atom stereocenters. The van der Waals surface area contributed by atoms with E-state index in [0.717, 1.165) is 30.8 Å². The van der Waals surface area contributed by atoms with Gasteiger partial charge in [-0.1, -0.05) is 0 Å². The van der Waals surface area contributed by atoms with Crippen molar-refractivity contribution in [1.82, 2.24) is 14.9 Å². The molecule has 1 aromatic carbocycles. The number of nitrogen functional groups attached to an aromatic ring is 1. The van der Waals surface area contributed by atoms with Crippen LogP contribution in [-0.4, -0.2) is 54.2 Å². The fourth-order valence-electron chi connectivity index (χ4n) is 2.64. The summed E-state index contributed by atoms with van der Waals surface area (Å²) in [6.07, 6.45) is 2.32. The van der Waals surface area contributed by atoms with Crippen LogP contribution in [0.25, 0.3) is 11.3 Å². The first-order valence-electron chi connectivity index (χ1n) is 8.24. The second-order valence-electron chi connectivity index (χ2n) is 6.17. The molecule has 7 nitrogen and oxygen atoms in total. The fraction of sp³-hybridized carbons (Fsp3) is 0.389. The summed E-state index contributed by atoms with van der Waals surface area (Å²) in [6, 6.07) is 9.15. The van der Waals surface area contributed by atoms with Gasteiger partial charge in [-0.15, -0.1) is 0 Å². The van der Waals surface area contributed by atoms with E-state index in [0.29, 0.717) is 12.3 Å². The highest BCUT2D eigenvalue weighted by molar-refractivity contribution is 5.93. The average molecular weight is 342 g/mol. The minimum Gasteiger partial charge on any atom is -0.491 e. The Morgan fingerprint density at radius 1 is 1.32 bits per heavy atom. The van der Waals surface area contributed by atoms with Crippen LogP contribution in [0.5, 0.6) is 5.75 Å². The number of nitrogens with two attached hydrogens (primary N) is 1. The molecule has 0 spiro atoms. The van der Waals surface area contributed by atoms with Crippen molar-refractivity contribution in [1.29, 1.82) is 0 Å². The summed E-state index contributed by atoms with van der Waals surface area (Å²) in [5, 5.41) is 0. The molecule has 1 fully saturated rings. The third-order valence-corrected chi connectivity index (χ3v) is 3.98. The predicted molar refractivity (Wildman–Crippen MR) is 94.4 cm³/mol. The van der Waals surface area contributed by atoms with Crippen LogP contribution in [0, 0.1) is 0 Å². The van der Waals surface area contributed by atoms with Crippen molar-refractivity contribution in [2.24, 2.45) is 0 Å². The summed E-state index contributed by atoms with van der Waals surface area (Å²) in [6.45, 7) is 1.37. The molecule has 0 bridgehead atoms. The van der Waals surface area contributed by atoms with E-state index in [4.69, 9.17) is 15.2 Å². The molecule has 1 aliphatic heterocycles. The third kappa shape index (κ3) is 4.24. The second-order valence-corrected chi connectivity index (χ2v) is 6.17. The van der Waals surface area contributed by atoms with Gasteiger partial charge in [0.05, 0.1) is 11.8 Å². The lowest BCUT2D eigenvalue weighted by molar-refractivity contribution is 0.0679. The van der Waals surface area contributed by atoms with Crippen molar-refractivity contribution in [3.05, 3.63) is 36.0 Å². The normalized spacial score (nSPS) is 16.6. The number of hydrogen-bond acceptors (Lipinski definition) is 6. The van der Waals surface area contributed by atoms with E-state index in [9.17, 15) is 4.79 Å². The lowest BCUT2D eigenvalue weighted by Crippen LogP contribution is -2.23. The van der Waals surface area contributed by atoms with E-state index < -0.39 is 0 Å². The quantitative estimate of drug-likeness (QED) is 0.893. The van der Waals surface area contributed by atoms with Crippen LogP contribution < -0.4 is 10.5 Å². The second kappa shape index (κ2) is 7.48. The van der Waals surface area contributed by atoms with Crippen molar-refractivity contribution in [2.45, 2.75) is 18.9 Å². The van der Waals surface area contributed by atoms with Crippen molar-refractivity contribution in [3.63, 3.8) is 0 Å². The summed E-state index contributed by atoms with van der Waals surface area (Å²) in [7, 11) is 3.33. The summed E-state index contributed by atoms with van der Waals surface area (Å²) >= 11 is 0. The number of ether oxygens (including phenoxy) is 2. The number of rotatable bonds is 5. The monoisotopic (exact) mass is 342 g/mol. The number of hydrogen-bond donors (Lipinski definition) is 1. The maximum Gasteiger partial charge on any atom is 0.272 e. The zero-order chi connectivity index (χ0) is 17.8. The molecule has 1 aliphatic rings. The fourth-order valence-corrected chi connectivity index (χ4v) is 2.64. The van der Waals surface area contributed by atoms with Crippen LogP contribution in [0.1, 0.15) is 23.3 Å². The number of carbonyl (C=O) groups excluding carboxylic acids is 1. The van der Waals surface area contributed by atoms with Gasteiger partial charge in [-0.25, -0.2) is 9.97 Å². The van der Waals surface area contributed by atoms with Gasteiger partial charge in [0.25, 0.3) is 5.91 Å². The first kappa shape index (κ1) is 17.2. The van der Waals surface area contributed by atoms with Crippen LogP contribution >= 0.6 is 0 Å². The molecule has 1 aromatic heterocycles. The van der Waals surface area contributed by atoms with E-state index in [1.165, 1.54) is 4.90 Å². The molecule has 1 unspecified atom stereocenters. The largest absolute Gasteiger partial charge is 0.491 e. The lowest BCUT2D eigenvalue weighted by Gasteiger charge is -2.12. The highest BCUT2D eigenvalue weighted by Gasteiger charge is 2.16. The van der Waals surface area contributed by atoms with E-state index in [-0.39, 0.29) is 23.7 Å². The average Bonchev–Trinajstić information content (AvgIpc) is 3.12. The minimum absolute atomic E-state index is 0.0707. The van der Waals surface area contributed by atoms with E-state index in [2.05, 4.69) is 9.97 Å². The Balaban J connectivity index is 1.74. The van der Waals surface area contributed by atoms with Gasteiger partial charge in [0, 0.05) is 26.3 Å². The predicted octanol–water partition coefficient (Wildman–Crippen LogP) is 1.99. The third-order valence-electron chi connectivity index (χ3n) is 3.98. The van der Waals surface area contributed by atoms with E-state index in [1.54, 1.807) is 20.2 Å². The van der Waals surface area contributed by atoms with Gasteiger partial charge in [-0.3, -0.25) is 4.79 Å². The van der Waals surface area contributed by atoms with Gasteiger partial charge < -0.3 is 20.1 Å². The topological polar surface area (TPSA) is 90.6 Å². The molecule has 2 aromatic rings. The summed E-state index contributed by atoms with van der Waals surface area (Å²) in [4.78, 5) is 21.8. The molecule has 0 saturated carbocycles. The standard InChI is InChI=1S/C18H22N4O3/c1-22(2)17(23)16-10-15(20-18(19)21-16)12-5-7-13(8-6-12)25-11-14-4-3-9-24-14/h5-8,10,14H,3-4,9,11H2,1-2H3,(H2,19,20,21). The molecular weight excluding hydrogens is 320 g/mol. The molecular formula is C18H22N4O3. The lowest BCUT2D eigenvalue weighted by atomic mass is 10.1. The molecule has 3 rings (SSSR count). The number of amides is 1. The molecule has 1 amide bonds. The van der Waals surface area contributed by atoms with Gasteiger partial charge in [0.1, 0.15) is 18.1 Å². The highest BCUT2D eigenvalue weighted by atomic mass is 16.5. The summed E-state index contributed by atoms with van der Waals surface area (Å²) in [5.74, 6) is 0.624. The SMILES string of the molecule is CN(C)C(=O)c1cc(-c2ccc(OCC3CCCO3)cc2)nc(N)n1. The molecule has 132 valence electrons. The van der Waals surface area contributed by atoms with Gasteiger partial charge in [0.2, 0.25) is 5.95 Å². The Labute approximate surface area is 146 Å². The number of aromatic nitrogens is 2. The molecule has 1 saturated heterocycles. The number of benzene rings is 1. The van der Waals surface area contributed by atoms with Gasteiger partial charge in [0.15, 0.2) is 0 Å². The maximum atomic E-state index is 12.1. The van der Waals surface area contributed by atoms with Crippen molar-refractivity contribution in [2.75, 3.05) is 33.0 Å². The molecule has 25 heavy (non-hydrogen) atoms. The van der Waals surface area contributed by atoms with Gasteiger partial charge >= 0.3 is 0 Å². The smallest absolute Gasteiger partial charge is 0.272 e. The van der Waals surface area contributed by atoms with Gasteiger partial charge in [-0.05, 0) is 43.2 Å².